The predicted octanol–water partition coefficient (Wildman–Crippen LogP) is 2.99. The largest absolute Gasteiger partial charge is 0.502 e. The van der Waals surface area contributed by atoms with Gasteiger partial charge in [-0.3, -0.25) is 0 Å². The Bertz CT molecular complexity index is 246. The molecular weight excluding hydrogens is 219 g/mol. The highest BCUT2D eigenvalue weighted by Crippen LogP contribution is 2.39. The van der Waals surface area contributed by atoms with Gasteiger partial charge >= 0.3 is 6.18 Å². The third-order valence-electron chi connectivity index (χ3n) is 1.40. The van der Waals surface area contributed by atoms with E-state index < -0.39 is 17.5 Å². The summed E-state index contributed by atoms with van der Waals surface area (Å²) in [4.78, 5) is -2.66. The van der Waals surface area contributed by atoms with Gasteiger partial charge in [-0.15, -0.1) is 11.6 Å². The Morgan fingerprint density at radius 2 is 2.07 bits per heavy atom. The first-order valence-corrected chi connectivity index (χ1v) is 4.17. The summed E-state index contributed by atoms with van der Waals surface area (Å²) in [6.07, 6.45) is -4.02. The minimum absolute atomic E-state index is 0.244. The maximum atomic E-state index is 12.3. The number of nitrogens with zero attached hydrogens (tertiary/aromatic N) is 1. The van der Waals surface area contributed by atoms with Crippen LogP contribution in [0.15, 0.2) is 12.3 Å². The van der Waals surface area contributed by atoms with E-state index >= 15 is 0 Å². The molecule has 0 spiro atoms. The lowest BCUT2D eigenvalue weighted by Crippen LogP contribution is -2.37. The highest BCUT2D eigenvalue weighted by Gasteiger charge is 2.52. The molecule has 0 saturated carbocycles. The monoisotopic (exact) mass is 227 g/mol. The van der Waals surface area contributed by atoms with Crippen LogP contribution in [0.3, 0.4) is 0 Å². The summed E-state index contributed by atoms with van der Waals surface area (Å²) in [6.45, 7) is 1.87. The van der Waals surface area contributed by atoms with Gasteiger partial charge in [-0.2, -0.15) is 18.4 Å². The summed E-state index contributed by atoms with van der Waals surface area (Å²) in [5.41, 5.74) is 0. The molecule has 0 saturated heterocycles. The molecule has 0 aromatic heterocycles. The van der Waals surface area contributed by atoms with Crippen LogP contribution in [-0.4, -0.2) is 17.7 Å². The van der Waals surface area contributed by atoms with Gasteiger partial charge in [0.05, 0.1) is 25.4 Å². The van der Waals surface area contributed by atoms with Crippen molar-refractivity contribution in [3.8, 4) is 6.07 Å². The third-order valence-corrected chi connectivity index (χ3v) is 1.88. The predicted molar refractivity (Wildman–Crippen MR) is 45.6 cm³/mol. The number of alkyl halides is 4. The first kappa shape index (κ1) is 13.1. The summed E-state index contributed by atoms with van der Waals surface area (Å²) < 4.78 is 41.6. The fourth-order valence-electron chi connectivity index (χ4n) is 0.621. The lowest BCUT2D eigenvalue weighted by molar-refractivity contribution is -0.149. The molecule has 0 fully saturated rings. The van der Waals surface area contributed by atoms with E-state index in [-0.39, 0.29) is 6.61 Å². The van der Waals surface area contributed by atoms with E-state index in [0.29, 0.717) is 6.08 Å². The number of halogens is 4. The summed E-state index contributed by atoms with van der Waals surface area (Å²) in [6, 6.07) is 1.38. The molecule has 0 radical (unpaired) electrons. The molecule has 0 aliphatic heterocycles. The van der Waals surface area contributed by atoms with Gasteiger partial charge in [-0.05, 0) is 13.0 Å². The van der Waals surface area contributed by atoms with Crippen LogP contribution in [0.1, 0.15) is 13.3 Å². The van der Waals surface area contributed by atoms with Crippen LogP contribution in [0.25, 0.3) is 0 Å². The van der Waals surface area contributed by atoms with Gasteiger partial charge < -0.3 is 4.74 Å². The normalized spacial score (nSPS) is 16.3. The topological polar surface area (TPSA) is 33.0 Å². The Morgan fingerprint density at radius 1 is 1.50 bits per heavy atom. The van der Waals surface area contributed by atoms with Gasteiger partial charge in [0.1, 0.15) is 0 Å². The summed E-state index contributed by atoms with van der Waals surface area (Å²) >= 11 is 5.24. The molecule has 80 valence electrons. The lowest BCUT2D eigenvalue weighted by atomic mass is 10.1. The van der Waals surface area contributed by atoms with Gasteiger partial charge in [0.25, 0.3) is 0 Å². The zero-order valence-electron chi connectivity index (χ0n) is 7.44. The van der Waals surface area contributed by atoms with E-state index in [0.717, 1.165) is 6.26 Å². The quantitative estimate of drug-likeness (QED) is 0.546. The molecule has 0 amide bonds. The van der Waals surface area contributed by atoms with E-state index in [9.17, 15) is 13.2 Å². The minimum atomic E-state index is -4.67. The van der Waals surface area contributed by atoms with Crippen LogP contribution in [0.5, 0.6) is 0 Å². The van der Waals surface area contributed by atoms with Gasteiger partial charge in [-0.25, -0.2) is 0 Å². The second-order valence-electron chi connectivity index (χ2n) is 2.45. The maximum Gasteiger partial charge on any atom is 0.412 e. The van der Waals surface area contributed by atoms with Crippen molar-refractivity contribution in [1.29, 1.82) is 5.26 Å². The molecule has 0 aliphatic carbocycles. The highest BCUT2D eigenvalue weighted by molar-refractivity contribution is 6.26. The van der Waals surface area contributed by atoms with Gasteiger partial charge in [0.15, 0.2) is 4.87 Å². The van der Waals surface area contributed by atoms with Crippen LogP contribution < -0.4 is 0 Å². The van der Waals surface area contributed by atoms with Crippen LogP contribution in [-0.2, 0) is 4.74 Å². The van der Waals surface area contributed by atoms with Gasteiger partial charge in [-0.1, -0.05) is 0 Å². The van der Waals surface area contributed by atoms with Gasteiger partial charge in [0, 0.05) is 0 Å². The van der Waals surface area contributed by atoms with Crippen molar-refractivity contribution in [3.05, 3.63) is 12.3 Å². The van der Waals surface area contributed by atoms with Crippen LogP contribution in [0.4, 0.5) is 13.2 Å². The average molecular weight is 228 g/mol. The molecule has 0 heterocycles. The fourth-order valence-corrected chi connectivity index (χ4v) is 0.732. The molecule has 0 N–H and O–H groups in total. The Labute approximate surface area is 84.9 Å². The molecule has 0 aliphatic rings. The van der Waals surface area contributed by atoms with Crippen molar-refractivity contribution in [1.82, 2.24) is 0 Å². The average Bonchev–Trinajstić information content (AvgIpc) is 2.03. The number of allylic oxidation sites excluding steroid dienone is 1. The Hall–Kier alpha value is -0.890. The molecule has 1 unspecified atom stereocenters. The number of nitriles is 1. The van der Waals surface area contributed by atoms with Crippen LogP contribution >= 0.6 is 11.6 Å². The van der Waals surface area contributed by atoms with E-state index in [2.05, 4.69) is 4.74 Å². The van der Waals surface area contributed by atoms with Crippen LogP contribution in [0, 0.1) is 11.3 Å². The van der Waals surface area contributed by atoms with Crippen molar-refractivity contribution in [2.45, 2.75) is 24.4 Å². The molecule has 2 nitrogen and oxygen atoms in total. The first-order chi connectivity index (χ1) is 6.37. The summed E-state index contributed by atoms with van der Waals surface area (Å²) in [5.74, 6) is 0. The number of ether oxygens (including phenoxy) is 1. The van der Waals surface area contributed by atoms with Gasteiger partial charge in [0.2, 0.25) is 0 Å². The molecule has 1 atom stereocenters. The Balaban J connectivity index is 4.66. The van der Waals surface area contributed by atoms with Crippen molar-refractivity contribution in [2.24, 2.45) is 0 Å². The summed E-state index contributed by atoms with van der Waals surface area (Å²) in [7, 11) is 0. The molecule has 14 heavy (non-hydrogen) atoms. The third kappa shape index (κ3) is 3.46. The van der Waals surface area contributed by atoms with Crippen LogP contribution in [0.2, 0.25) is 0 Å². The smallest absolute Gasteiger partial charge is 0.412 e. The van der Waals surface area contributed by atoms with E-state index in [1.807, 2.05) is 0 Å². The van der Waals surface area contributed by atoms with Crippen molar-refractivity contribution >= 4 is 11.6 Å². The second kappa shape index (κ2) is 5.11. The Kier molecular flexibility index (Phi) is 4.78. The van der Waals surface area contributed by atoms with E-state index in [1.165, 1.54) is 6.07 Å². The van der Waals surface area contributed by atoms with E-state index in [1.54, 1.807) is 6.92 Å². The molecule has 6 heteroatoms. The maximum absolute atomic E-state index is 12.3. The number of rotatable bonds is 4. The van der Waals surface area contributed by atoms with Crippen molar-refractivity contribution < 1.29 is 17.9 Å². The molecular formula is C8H9ClF3NO. The molecule has 0 aromatic rings. The standard InChI is InChI=1S/C8H9ClF3NO/c1-2-14-6-4-7(9,3-5-13)8(10,11)12/h4,6H,2-3H2,1H3/b6-4+. The lowest BCUT2D eigenvalue weighted by Gasteiger charge is -2.23. The number of hydrogen-bond acceptors (Lipinski definition) is 2. The van der Waals surface area contributed by atoms with E-state index in [4.69, 9.17) is 16.9 Å². The SMILES string of the molecule is CCO/C=C/C(Cl)(CC#N)C(F)(F)F. The fraction of sp³-hybridized carbons (Fsp3) is 0.625. The zero-order chi connectivity index (χ0) is 11.2. The number of hydrogen-bond donors (Lipinski definition) is 0. The second-order valence-corrected chi connectivity index (χ2v) is 3.13. The molecule has 0 bridgehead atoms. The minimum Gasteiger partial charge on any atom is -0.502 e. The molecule has 0 rings (SSSR count). The van der Waals surface area contributed by atoms with Crippen molar-refractivity contribution in [2.75, 3.05) is 6.61 Å². The first-order valence-electron chi connectivity index (χ1n) is 3.79. The zero-order valence-corrected chi connectivity index (χ0v) is 8.19. The molecule has 0 aromatic carbocycles. The summed E-state index contributed by atoms with van der Waals surface area (Å²) in [5, 5.41) is 8.21. The van der Waals surface area contributed by atoms with Crippen molar-refractivity contribution in [3.63, 3.8) is 0 Å². The highest BCUT2D eigenvalue weighted by atomic mass is 35.5. The Morgan fingerprint density at radius 3 is 2.43 bits per heavy atom.